The van der Waals surface area contributed by atoms with E-state index in [0.29, 0.717) is 12.3 Å². The fourth-order valence-corrected chi connectivity index (χ4v) is 4.74. The Kier molecular flexibility index (Phi) is 4.12. The van der Waals surface area contributed by atoms with Crippen molar-refractivity contribution in [1.82, 2.24) is 5.32 Å². The van der Waals surface area contributed by atoms with Crippen molar-refractivity contribution in [1.29, 1.82) is 0 Å². The van der Waals surface area contributed by atoms with Crippen LogP contribution in [0.25, 0.3) is 0 Å². The van der Waals surface area contributed by atoms with Crippen molar-refractivity contribution in [2.45, 2.75) is 38.3 Å². The Morgan fingerprint density at radius 1 is 1.23 bits per heavy atom. The van der Waals surface area contributed by atoms with E-state index in [2.05, 4.69) is 12.2 Å². The summed E-state index contributed by atoms with van der Waals surface area (Å²) < 4.78 is 23.1. The quantitative estimate of drug-likeness (QED) is 0.924. The number of amides is 2. The zero-order valence-corrected chi connectivity index (χ0v) is 13.6. The number of benzene rings is 1. The van der Waals surface area contributed by atoms with Gasteiger partial charge >= 0.3 is 6.03 Å². The Balaban J connectivity index is 1.75. The summed E-state index contributed by atoms with van der Waals surface area (Å²) >= 11 is 0. The summed E-state index contributed by atoms with van der Waals surface area (Å²) in [5.41, 5.74) is 0.861. The fraction of sp³-hybridized carbons (Fsp3) is 0.562. The number of nitrogens with zero attached hydrogens (tertiary/aromatic N) is 1. The minimum atomic E-state index is -2.99. The Hall–Kier alpha value is -1.56. The number of anilines is 1. The lowest BCUT2D eigenvalue weighted by atomic mass is 10.1. The number of sulfone groups is 1. The SMILES string of the molecule is C[C@@H](C1CC1)N(C(=O)N[C@H]1CCS(=O)(=O)C1)c1ccccc1. The zero-order valence-electron chi connectivity index (χ0n) is 12.7. The monoisotopic (exact) mass is 322 g/mol. The number of carbonyl (C=O) groups is 1. The highest BCUT2D eigenvalue weighted by molar-refractivity contribution is 7.91. The number of hydrogen-bond acceptors (Lipinski definition) is 3. The molecule has 2 fully saturated rings. The summed E-state index contributed by atoms with van der Waals surface area (Å²) in [5.74, 6) is 0.763. The second-order valence-electron chi connectivity index (χ2n) is 6.33. The number of nitrogens with one attached hydrogen (secondary N) is 1. The Morgan fingerprint density at radius 2 is 1.91 bits per heavy atom. The third-order valence-corrected chi connectivity index (χ3v) is 6.29. The standard InChI is InChI=1S/C16H22N2O3S/c1-12(13-7-8-13)18(15-5-3-2-4-6-15)16(19)17-14-9-10-22(20,21)11-14/h2-6,12-14H,7-11H2,1H3,(H,17,19)/t12-,14-/m0/s1. The first-order valence-electron chi connectivity index (χ1n) is 7.81. The van der Waals surface area contributed by atoms with Crippen LogP contribution in [-0.4, -0.2) is 38.0 Å². The van der Waals surface area contributed by atoms with Crippen molar-refractivity contribution in [2.24, 2.45) is 5.92 Å². The molecular weight excluding hydrogens is 300 g/mol. The molecule has 0 spiro atoms. The van der Waals surface area contributed by atoms with Crippen LogP contribution in [0.4, 0.5) is 10.5 Å². The molecule has 22 heavy (non-hydrogen) atoms. The van der Waals surface area contributed by atoms with E-state index >= 15 is 0 Å². The van der Waals surface area contributed by atoms with Gasteiger partial charge in [-0.1, -0.05) is 18.2 Å². The van der Waals surface area contributed by atoms with Gasteiger partial charge < -0.3 is 5.32 Å². The molecule has 0 unspecified atom stereocenters. The molecule has 1 saturated heterocycles. The van der Waals surface area contributed by atoms with Gasteiger partial charge in [-0.3, -0.25) is 4.90 Å². The van der Waals surface area contributed by atoms with Crippen LogP contribution in [0, 0.1) is 5.92 Å². The molecule has 2 amide bonds. The molecule has 3 rings (SSSR count). The first-order valence-corrected chi connectivity index (χ1v) is 9.63. The van der Waals surface area contributed by atoms with Crippen molar-refractivity contribution >= 4 is 21.6 Å². The van der Waals surface area contributed by atoms with Crippen LogP contribution in [0.3, 0.4) is 0 Å². The molecule has 1 aromatic rings. The Bertz CT molecular complexity index is 641. The molecule has 1 N–H and O–H groups in total. The third kappa shape index (κ3) is 3.43. The zero-order chi connectivity index (χ0) is 15.7. The van der Waals surface area contributed by atoms with Gasteiger partial charge in [-0.05, 0) is 44.2 Å². The predicted octanol–water partition coefficient (Wildman–Crippen LogP) is 2.19. The van der Waals surface area contributed by atoms with Crippen LogP contribution in [0.2, 0.25) is 0 Å². The average Bonchev–Trinajstić information content (AvgIpc) is 3.26. The Labute approximate surface area is 131 Å². The van der Waals surface area contributed by atoms with Gasteiger partial charge in [0, 0.05) is 17.8 Å². The highest BCUT2D eigenvalue weighted by Gasteiger charge is 2.37. The summed E-state index contributed by atoms with van der Waals surface area (Å²) in [6, 6.07) is 9.26. The van der Waals surface area contributed by atoms with Gasteiger partial charge in [-0.25, -0.2) is 13.2 Å². The number of hydrogen-bond donors (Lipinski definition) is 1. The van der Waals surface area contributed by atoms with Crippen LogP contribution in [-0.2, 0) is 9.84 Å². The van der Waals surface area contributed by atoms with E-state index in [9.17, 15) is 13.2 Å². The lowest BCUT2D eigenvalue weighted by Crippen LogP contribution is -2.49. The molecule has 0 radical (unpaired) electrons. The molecule has 6 heteroatoms. The van der Waals surface area contributed by atoms with E-state index in [1.807, 2.05) is 30.3 Å². The van der Waals surface area contributed by atoms with E-state index in [-0.39, 0.29) is 29.6 Å². The number of rotatable bonds is 4. The van der Waals surface area contributed by atoms with E-state index in [4.69, 9.17) is 0 Å². The molecule has 1 saturated carbocycles. The van der Waals surface area contributed by atoms with Gasteiger partial charge in [0.25, 0.3) is 0 Å². The second kappa shape index (κ2) is 5.91. The molecule has 120 valence electrons. The highest BCUT2D eigenvalue weighted by Crippen LogP contribution is 2.37. The van der Waals surface area contributed by atoms with E-state index in [1.54, 1.807) is 4.90 Å². The van der Waals surface area contributed by atoms with Gasteiger partial charge in [-0.15, -0.1) is 0 Å². The molecule has 1 aliphatic carbocycles. The van der Waals surface area contributed by atoms with Gasteiger partial charge in [-0.2, -0.15) is 0 Å². The topological polar surface area (TPSA) is 66.5 Å². The molecule has 1 heterocycles. The maximum absolute atomic E-state index is 12.7. The van der Waals surface area contributed by atoms with Crippen molar-refractivity contribution in [3.05, 3.63) is 30.3 Å². The molecule has 2 aliphatic rings. The first kappa shape index (κ1) is 15.3. The molecular formula is C16H22N2O3S. The fourth-order valence-electron chi connectivity index (χ4n) is 3.07. The Morgan fingerprint density at radius 3 is 2.45 bits per heavy atom. The van der Waals surface area contributed by atoms with Crippen LogP contribution < -0.4 is 10.2 Å². The van der Waals surface area contributed by atoms with Crippen molar-refractivity contribution < 1.29 is 13.2 Å². The molecule has 1 aliphatic heterocycles. The lowest BCUT2D eigenvalue weighted by Gasteiger charge is -2.30. The van der Waals surface area contributed by atoms with Gasteiger partial charge in [0.15, 0.2) is 9.84 Å². The number of urea groups is 1. The van der Waals surface area contributed by atoms with E-state index < -0.39 is 9.84 Å². The van der Waals surface area contributed by atoms with Gasteiger partial charge in [0.1, 0.15) is 0 Å². The maximum atomic E-state index is 12.7. The average molecular weight is 322 g/mol. The van der Waals surface area contributed by atoms with E-state index in [0.717, 1.165) is 18.5 Å². The largest absolute Gasteiger partial charge is 0.334 e. The van der Waals surface area contributed by atoms with Crippen molar-refractivity contribution in [3.63, 3.8) is 0 Å². The minimum absolute atomic E-state index is 0.0547. The summed E-state index contributed by atoms with van der Waals surface area (Å²) in [4.78, 5) is 14.5. The smallest absolute Gasteiger partial charge is 0.322 e. The second-order valence-corrected chi connectivity index (χ2v) is 8.56. The molecule has 1 aromatic carbocycles. The summed E-state index contributed by atoms with van der Waals surface area (Å²) in [6.45, 7) is 2.07. The predicted molar refractivity (Wildman–Crippen MR) is 86.7 cm³/mol. The number of carbonyl (C=O) groups excluding carboxylic acids is 1. The maximum Gasteiger partial charge on any atom is 0.322 e. The first-order chi connectivity index (χ1) is 10.5. The van der Waals surface area contributed by atoms with Crippen LogP contribution >= 0.6 is 0 Å². The van der Waals surface area contributed by atoms with Gasteiger partial charge in [0.2, 0.25) is 0 Å². The lowest BCUT2D eigenvalue weighted by molar-refractivity contribution is 0.240. The van der Waals surface area contributed by atoms with Gasteiger partial charge in [0.05, 0.1) is 11.5 Å². The van der Waals surface area contributed by atoms with Crippen LogP contribution in [0.1, 0.15) is 26.2 Å². The highest BCUT2D eigenvalue weighted by atomic mass is 32.2. The van der Waals surface area contributed by atoms with Crippen molar-refractivity contribution in [3.8, 4) is 0 Å². The number of para-hydroxylation sites is 1. The summed E-state index contributed by atoms with van der Waals surface area (Å²) in [6.07, 6.45) is 2.81. The van der Waals surface area contributed by atoms with Crippen LogP contribution in [0.5, 0.6) is 0 Å². The molecule has 0 bridgehead atoms. The normalized spacial score (nSPS) is 24.7. The third-order valence-electron chi connectivity index (χ3n) is 4.52. The minimum Gasteiger partial charge on any atom is -0.334 e. The molecule has 0 aromatic heterocycles. The summed E-state index contributed by atoms with van der Waals surface area (Å²) in [5, 5.41) is 2.90. The summed E-state index contributed by atoms with van der Waals surface area (Å²) in [7, 11) is -2.99. The van der Waals surface area contributed by atoms with Crippen molar-refractivity contribution in [2.75, 3.05) is 16.4 Å². The molecule has 2 atom stereocenters. The van der Waals surface area contributed by atoms with E-state index in [1.165, 1.54) is 0 Å². The van der Waals surface area contributed by atoms with Crippen LogP contribution in [0.15, 0.2) is 30.3 Å². The molecule has 5 nitrogen and oxygen atoms in total.